The van der Waals surface area contributed by atoms with Gasteiger partial charge in [0, 0.05) is 30.7 Å². The summed E-state index contributed by atoms with van der Waals surface area (Å²) in [6, 6.07) is 6.81. The standard InChI is InChI=1S/C11H16BrN3O2S/c1-14-6-8-15(9-7-14)13-18(16,17)11-5-3-2-4-10(11)12/h2-5,13H,6-9H2,1H3. The molecule has 2 rings (SSSR count). The predicted octanol–water partition coefficient (Wildman–Crippen LogP) is 0.890. The molecule has 0 unspecified atom stereocenters. The molecular formula is C11H16BrN3O2S. The highest BCUT2D eigenvalue weighted by molar-refractivity contribution is 9.10. The second kappa shape index (κ2) is 5.66. The second-order valence-electron chi connectivity index (χ2n) is 4.32. The number of halogens is 1. The first-order valence-corrected chi connectivity index (χ1v) is 7.97. The number of nitrogens with one attached hydrogen (secondary N) is 1. The molecule has 0 amide bonds. The minimum Gasteiger partial charge on any atom is -0.304 e. The zero-order valence-corrected chi connectivity index (χ0v) is 12.5. The zero-order valence-electron chi connectivity index (χ0n) is 10.1. The average Bonchev–Trinajstić information content (AvgIpc) is 2.32. The molecule has 1 N–H and O–H groups in total. The fraction of sp³-hybridized carbons (Fsp3) is 0.455. The first kappa shape index (κ1) is 14.0. The van der Waals surface area contributed by atoms with E-state index in [1.54, 1.807) is 29.3 Å². The van der Waals surface area contributed by atoms with Crippen LogP contribution in [-0.4, -0.2) is 51.6 Å². The maximum atomic E-state index is 12.2. The third-order valence-electron chi connectivity index (χ3n) is 2.88. The Morgan fingerprint density at radius 2 is 1.78 bits per heavy atom. The smallest absolute Gasteiger partial charge is 0.254 e. The van der Waals surface area contributed by atoms with Crippen LogP contribution in [0.5, 0.6) is 0 Å². The minimum atomic E-state index is -3.50. The molecule has 5 nitrogen and oxygen atoms in total. The van der Waals surface area contributed by atoms with Gasteiger partial charge in [0.05, 0.1) is 4.90 Å². The Bertz CT molecular complexity index is 513. The van der Waals surface area contributed by atoms with Crippen LogP contribution < -0.4 is 4.83 Å². The highest BCUT2D eigenvalue weighted by Gasteiger charge is 2.22. The number of nitrogens with zero attached hydrogens (tertiary/aromatic N) is 2. The summed E-state index contributed by atoms with van der Waals surface area (Å²) >= 11 is 3.26. The Kier molecular flexibility index (Phi) is 4.39. The molecule has 0 bridgehead atoms. The number of likely N-dealkylation sites (N-methyl/N-ethyl adjacent to an activating group) is 1. The van der Waals surface area contributed by atoms with Crippen molar-refractivity contribution in [1.82, 2.24) is 14.7 Å². The zero-order chi connectivity index (χ0) is 13.2. The largest absolute Gasteiger partial charge is 0.304 e. The van der Waals surface area contributed by atoms with E-state index in [2.05, 4.69) is 25.7 Å². The molecule has 0 aliphatic carbocycles. The SMILES string of the molecule is CN1CCN(NS(=O)(=O)c2ccccc2Br)CC1. The van der Waals surface area contributed by atoms with E-state index in [4.69, 9.17) is 0 Å². The molecular weight excluding hydrogens is 318 g/mol. The van der Waals surface area contributed by atoms with Crippen molar-refractivity contribution in [3.8, 4) is 0 Å². The van der Waals surface area contributed by atoms with Gasteiger partial charge in [-0.25, -0.2) is 13.4 Å². The fourth-order valence-electron chi connectivity index (χ4n) is 1.78. The number of sulfonamides is 1. The van der Waals surface area contributed by atoms with Gasteiger partial charge in [0.25, 0.3) is 10.0 Å². The van der Waals surface area contributed by atoms with E-state index in [1.807, 2.05) is 7.05 Å². The Balaban J connectivity index is 2.11. The molecule has 100 valence electrons. The Morgan fingerprint density at radius 3 is 2.39 bits per heavy atom. The van der Waals surface area contributed by atoms with E-state index in [-0.39, 0.29) is 4.90 Å². The van der Waals surface area contributed by atoms with Crippen LogP contribution in [0.1, 0.15) is 0 Å². The van der Waals surface area contributed by atoms with Gasteiger partial charge in [-0.2, -0.15) is 0 Å². The van der Waals surface area contributed by atoms with Crippen molar-refractivity contribution in [1.29, 1.82) is 0 Å². The number of benzene rings is 1. The summed E-state index contributed by atoms with van der Waals surface area (Å²) in [5.74, 6) is 0. The predicted molar refractivity (Wildman–Crippen MR) is 73.5 cm³/mol. The van der Waals surface area contributed by atoms with E-state index in [0.717, 1.165) is 13.1 Å². The van der Waals surface area contributed by atoms with Crippen LogP contribution in [0.2, 0.25) is 0 Å². The van der Waals surface area contributed by atoms with Crippen LogP contribution in [0.15, 0.2) is 33.6 Å². The van der Waals surface area contributed by atoms with Gasteiger partial charge in [-0.3, -0.25) is 0 Å². The highest BCUT2D eigenvalue weighted by atomic mass is 79.9. The van der Waals surface area contributed by atoms with Crippen LogP contribution in [-0.2, 0) is 10.0 Å². The van der Waals surface area contributed by atoms with Crippen molar-refractivity contribution in [2.45, 2.75) is 4.90 Å². The van der Waals surface area contributed by atoms with E-state index >= 15 is 0 Å². The summed E-state index contributed by atoms with van der Waals surface area (Å²) in [5, 5.41) is 1.74. The molecule has 1 heterocycles. The van der Waals surface area contributed by atoms with Gasteiger partial charge in [-0.05, 0) is 35.1 Å². The molecule has 1 aliphatic heterocycles. The number of hydrogen-bond donors (Lipinski definition) is 1. The van der Waals surface area contributed by atoms with Gasteiger partial charge in [0.2, 0.25) is 0 Å². The van der Waals surface area contributed by atoms with Crippen LogP contribution in [0.3, 0.4) is 0 Å². The molecule has 0 spiro atoms. The van der Waals surface area contributed by atoms with Gasteiger partial charge in [-0.15, -0.1) is 4.83 Å². The van der Waals surface area contributed by atoms with Gasteiger partial charge >= 0.3 is 0 Å². The molecule has 0 radical (unpaired) electrons. The summed E-state index contributed by atoms with van der Waals surface area (Å²) in [6.45, 7) is 3.11. The van der Waals surface area contributed by atoms with E-state index < -0.39 is 10.0 Å². The lowest BCUT2D eigenvalue weighted by Crippen LogP contribution is -2.52. The van der Waals surface area contributed by atoms with Gasteiger partial charge in [-0.1, -0.05) is 12.1 Å². The van der Waals surface area contributed by atoms with Crippen LogP contribution >= 0.6 is 15.9 Å². The van der Waals surface area contributed by atoms with E-state index in [1.165, 1.54) is 0 Å². The molecule has 1 aromatic rings. The molecule has 0 atom stereocenters. The van der Waals surface area contributed by atoms with E-state index in [0.29, 0.717) is 17.6 Å². The monoisotopic (exact) mass is 333 g/mol. The lowest BCUT2D eigenvalue weighted by molar-refractivity contribution is 0.135. The van der Waals surface area contributed by atoms with Crippen molar-refractivity contribution in [2.24, 2.45) is 0 Å². The Morgan fingerprint density at radius 1 is 1.17 bits per heavy atom. The molecule has 1 saturated heterocycles. The molecule has 1 aromatic carbocycles. The number of hydrogen-bond acceptors (Lipinski definition) is 4. The number of rotatable bonds is 3. The normalized spacial score (nSPS) is 19.0. The highest BCUT2D eigenvalue weighted by Crippen LogP contribution is 2.21. The molecule has 18 heavy (non-hydrogen) atoms. The Labute approximate surface area is 116 Å². The third kappa shape index (κ3) is 3.30. The van der Waals surface area contributed by atoms with Crippen LogP contribution in [0.4, 0.5) is 0 Å². The average molecular weight is 334 g/mol. The van der Waals surface area contributed by atoms with Crippen molar-refractivity contribution >= 4 is 26.0 Å². The second-order valence-corrected chi connectivity index (χ2v) is 6.80. The summed E-state index contributed by atoms with van der Waals surface area (Å²) in [4.78, 5) is 5.06. The van der Waals surface area contributed by atoms with Gasteiger partial charge in [0.1, 0.15) is 0 Å². The van der Waals surface area contributed by atoms with Crippen LogP contribution in [0, 0.1) is 0 Å². The molecule has 1 aliphatic rings. The van der Waals surface area contributed by atoms with Crippen molar-refractivity contribution in [3.05, 3.63) is 28.7 Å². The lowest BCUT2D eigenvalue weighted by atomic mass is 10.4. The van der Waals surface area contributed by atoms with E-state index in [9.17, 15) is 8.42 Å². The van der Waals surface area contributed by atoms with Crippen molar-refractivity contribution < 1.29 is 8.42 Å². The molecule has 0 aromatic heterocycles. The van der Waals surface area contributed by atoms with Crippen molar-refractivity contribution in [2.75, 3.05) is 33.2 Å². The van der Waals surface area contributed by atoms with Gasteiger partial charge in [0.15, 0.2) is 0 Å². The topological polar surface area (TPSA) is 52.6 Å². The summed E-state index contributed by atoms with van der Waals surface area (Å²) in [7, 11) is -1.47. The third-order valence-corrected chi connectivity index (χ3v) is 5.27. The molecule has 0 saturated carbocycles. The Hall–Kier alpha value is -0.470. The summed E-state index contributed by atoms with van der Waals surface area (Å²) in [5.41, 5.74) is 0. The van der Waals surface area contributed by atoms with Crippen molar-refractivity contribution in [3.63, 3.8) is 0 Å². The van der Waals surface area contributed by atoms with Crippen LogP contribution in [0.25, 0.3) is 0 Å². The fourth-order valence-corrected chi connectivity index (χ4v) is 3.91. The molecule has 1 fully saturated rings. The maximum Gasteiger partial charge on any atom is 0.254 e. The number of hydrazine groups is 1. The summed E-state index contributed by atoms with van der Waals surface area (Å²) in [6.07, 6.45) is 0. The first-order chi connectivity index (χ1) is 8.49. The number of piperazine rings is 1. The lowest BCUT2D eigenvalue weighted by Gasteiger charge is -2.32. The summed E-state index contributed by atoms with van der Waals surface area (Å²) < 4.78 is 25.0. The minimum absolute atomic E-state index is 0.268. The quantitative estimate of drug-likeness (QED) is 0.892. The maximum absolute atomic E-state index is 12.2. The molecule has 7 heteroatoms. The van der Waals surface area contributed by atoms with Gasteiger partial charge < -0.3 is 4.90 Å². The first-order valence-electron chi connectivity index (χ1n) is 5.69.